The summed E-state index contributed by atoms with van der Waals surface area (Å²) in [7, 11) is 0. The van der Waals surface area contributed by atoms with Gasteiger partial charge in [0.15, 0.2) is 0 Å². The molecule has 0 aromatic carbocycles. The van der Waals surface area contributed by atoms with Crippen LogP contribution in [-0.2, 0) is 6.54 Å². The lowest BCUT2D eigenvalue weighted by Gasteiger charge is -2.06. The minimum atomic E-state index is -0.0410. The van der Waals surface area contributed by atoms with E-state index in [4.69, 9.17) is 6.42 Å². The van der Waals surface area contributed by atoms with E-state index in [9.17, 15) is 4.79 Å². The summed E-state index contributed by atoms with van der Waals surface area (Å²) in [4.78, 5) is 11.6. The van der Waals surface area contributed by atoms with Crippen LogP contribution in [0.25, 0.3) is 0 Å². The van der Waals surface area contributed by atoms with E-state index < -0.39 is 0 Å². The van der Waals surface area contributed by atoms with E-state index in [1.54, 1.807) is 16.8 Å². The van der Waals surface area contributed by atoms with E-state index in [0.717, 1.165) is 4.47 Å². The predicted molar refractivity (Wildman–Crippen MR) is 67.8 cm³/mol. The van der Waals surface area contributed by atoms with Gasteiger partial charge < -0.3 is 9.88 Å². The van der Waals surface area contributed by atoms with Crippen LogP contribution in [-0.4, -0.2) is 17.7 Å². The van der Waals surface area contributed by atoms with Crippen LogP contribution < -0.4 is 10.9 Å². The van der Waals surface area contributed by atoms with Crippen molar-refractivity contribution in [3.63, 3.8) is 0 Å². The Bertz CT molecular complexity index is 434. The summed E-state index contributed by atoms with van der Waals surface area (Å²) in [5.41, 5.74) is -0.0410. The smallest absolute Gasteiger partial charge is 0.264 e. The molecular formula is C10H10Br2N2O. The molecule has 0 unspecified atom stereocenters. The Balaban J connectivity index is 2.69. The molecule has 0 aliphatic rings. The fourth-order valence-electron chi connectivity index (χ4n) is 1.09. The number of rotatable bonds is 4. The molecule has 1 rings (SSSR count). The zero-order chi connectivity index (χ0) is 11.3. The number of nitrogens with one attached hydrogen (secondary N) is 1. The fourth-order valence-corrected chi connectivity index (χ4v) is 2.35. The number of hydrogen-bond donors (Lipinski definition) is 1. The minimum Gasteiger partial charge on any atom is -0.312 e. The van der Waals surface area contributed by atoms with Crippen molar-refractivity contribution in [3.8, 4) is 12.3 Å². The topological polar surface area (TPSA) is 34.0 Å². The summed E-state index contributed by atoms with van der Waals surface area (Å²) in [6.45, 7) is 1.79. The third-order valence-corrected chi connectivity index (χ3v) is 2.77. The molecule has 0 radical (unpaired) electrons. The number of nitrogens with zero attached hydrogens (tertiary/aromatic N) is 1. The van der Waals surface area contributed by atoms with Gasteiger partial charge in [0.25, 0.3) is 5.56 Å². The summed E-state index contributed by atoms with van der Waals surface area (Å²) in [5, 5.41) is 3.02. The van der Waals surface area contributed by atoms with Gasteiger partial charge in [-0.3, -0.25) is 4.79 Å². The van der Waals surface area contributed by atoms with E-state index in [-0.39, 0.29) is 5.56 Å². The van der Waals surface area contributed by atoms with Crippen molar-refractivity contribution in [2.75, 3.05) is 13.1 Å². The van der Waals surface area contributed by atoms with Gasteiger partial charge in [0, 0.05) is 23.8 Å². The predicted octanol–water partition coefficient (Wildman–Crippen LogP) is 1.60. The molecule has 1 aromatic heterocycles. The van der Waals surface area contributed by atoms with Crippen LogP contribution in [0.5, 0.6) is 0 Å². The van der Waals surface area contributed by atoms with Crippen molar-refractivity contribution in [3.05, 3.63) is 31.6 Å². The Morgan fingerprint density at radius 3 is 2.93 bits per heavy atom. The minimum absolute atomic E-state index is 0.0410. The van der Waals surface area contributed by atoms with Gasteiger partial charge in [-0.05, 0) is 37.9 Å². The van der Waals surface area contributed by atoms with Crippen LogP contribution >= 0.6 is 31.9 Å². The van der Waals surface area contributed by atoms with Crippen LogP contribution in [0, 0.1) is 12.3 Å². The zero-order valence-corrected chi connectivity index (χ0v) is 11.1. The lowest BCUT2D eigenvalue weighted by Crippen LogP contribution is -2.27. The Morgan fingerprint density at radius 1 is 1.53 bits per heavy atom. The maximum absolute atomic E-state index is 11.6. The van der Waals surface area contributed by atoms with Gasteiger partial charge >= 0.3 is 0 Å². The molecule has 5 heteroatoms. The first-order valence-electron chi connectivity index (χ1n) is 4.35. The molecule has 0 amide bonds. The van der Waals surface area contributed by atoms with Gasteiger partial charge in [0.2, 0.25) is 0 Å². The molecule has 0 saturated carbocycles. The Kier molecular flexibility index (Phi) is 5.09. The number of halogens is 2. The van der Waals surface area contributed by atoms with Crippen LogP contribution in [0.4, 0.5) is 0 Å². The normalized spacial score (nSPS) is 9.93. The summed E-state index contributed by atoms with van der Waals surface area (Å²) < 4.78 is 3.04. The monoisotopic (exact) mass is 332 g/mol. The molecule has 80 valence electrons. The molecule has 0 spiro atoms. The summed E-state index contributed by atoms with van der Waals surface area (Å²) in [6, 6.07) is 1.73. The Hall–Kier alpha value is -0.570. The first-order chi connectivity index (χ1) is 7.15. The van der Waals surface area contributed by atoms with Crippen LogP contribution in [0.1, 0.15) is 0 Å². The van der Waals surface area contributed by atoms with Gasteiger partial charge in [-0.15, -0.1) is 6.42 Å². The highest BCUT2D eigenvalue weighted by molar-refractivity contribution is 9.11. The molecule has 1 heterocycles. The second kappa shape index (κ2) is 6.11. The van der Waals surface area contributed by atoms with Crippen molar-refractivity contribution in [1.29, 1.82) is 0 Å². The van der Waals surface area contributed by atoms with E-state index in [1.165, 1.54) is 0 Å². The fraction of sp³-hybridized carbons (Fsp3) is 0.300. The molecule has 0 bridgehead atoms. The molecule has 3 nitrogen and oxygen atoms in total. The van der Waals surface area contributed by atoms with Crippen LogP contribution in [0.3, 0.4) is 0 Å². The van der Waals surface area contributed by atoms with Gasteiger partial charge in [0.05, 0.1) is 11.0 Å². The maximum Gasteiger partial charge on any atom is 0.264 e. The molecule has 0 saturated heterocycles. The lowest BCUT2D eigenvalue weighted by atomic mass is 10.4. The SMILES string of the molecule is C#CCNCCn1cc(Br)cc(Br)c1=O. The average Bonchev–Trinajstić information content (AvgIpc) is 2.19. The van der Waals surface area contributed by atoms with Crippen molar-refractivity contribution in [1.82, 2.24) is 9.88 Å². The number of hydrogen-bond acceptors (Lipinski definition) is 2. The van der Waals surface area contributed by atoms with Gasteiger partial charge in [-0.2, -0.15) is 0 Å². The van der Waals surface area contributed by atoms with Crippen molar-refractivity contribution < 1.29 is 0 Å². The average molecular weight is 334 g/mol. The van der Waals surface area contributed by atoms with Crippen molar-refractivity contribution in [2.24, 2.45) is 0 Å². The second-order valence-corrected chi connectivity index (χ2v) is 4.66. The Morgan fingerprint density at radius 2 is 2.27 bits per heavy atom. The summed E-state index contributed by atoms with van der Waals surface area (Å²) in [6.07, 6.45) is 6.84. The lowest BCUT2D eigenvalue weighted by molar-refractivity contribution is 0.609. The second-order valence-electron chi connectivity index (χ2n) is 2.89. The van der Waals surface area contributed by atoms with Crippen molar-refractivity contribution >= 4 is 31.9 Å². The zero-order valence-electron chi connectivity index (χ0n) is 7.96. The van der Waals surface area contributed by atoms with E-state index >= 15 is 0 Å². The van der Waals surface area contributed by atoms with Crippen molar-refractivity contribution in [2.45, 2.75) is 6.54 Å². The maximum atomic E-state index is 11.6. The van der Waals surface area contributed by atoms with E-state index in [0.29, 0.717) is 24.1 Å². The van der Waals surface area contributed by atoms with Crippen LogP contribution in [0.2, 0.25) is 0 Å². The van der Waals surface area contributed by atoms with E-state index in [1.807, 2.05) is 0 Å². The number of terminal acetylenes is 1. The highest BCUT2D eigenvalue weighted by Gasteiger charge is 2.02. The summed E-state index contributed by atoms with van der Waals surface area (Å²) in [5.74, 6) is 2.47. The Labute approximate surface area is 105 Å². The van der Waals surface area contributed by atoms with Gasteiger partial charge in [-0.25, -0.2) is 0 Å². The highest BCUT2D eigenvalue weighted by Crippen LogP contribution is 2.12. The summed E-state index contributed by atoms with van der Waals surface area (Å²) >= 11 is 6.53. The molecule has 15 heavy (non-hydrogen) atoms. The number of pyridine rings is 1. The quantitative estimate of drug-likeness (QED) is 0.670. The third-order valence-electron chi connectivity index (χ3n) is 1.77. The molecular weight excluding hydrogens is 324 g/mol. The number of aromatic nitrogens is 1. The van der Waals surface area contributed by atoms with Gasteiger partial charge in [-0.1, -0.05) is 5.92 Å². The standard InChI is InChI=1S/C10H10Br2N2O/c1-2-3-13-4-5-14-7-8(11)6-9(12)10(14)15/h1,6-7,13H,3-5H2. The largest absolute Gasteiger partial charge is 0.312 e. The van der Waals surface area contributed by atoms with E-state index in [2.05, 4.69) is 43.1 Å². The van der Waals surface area contributed by atoms with Gasteiger partial charge in [0.1, 0.15) is 0 Å². The van der Waals surface area contributed by atoms with Crippen LogP contribution in [0.15, 0.2) is 26.0 Å². The highest BCUT2D eigenvalue weighted by atomic mass is 79.9. The first-order valence-corrected chi connectivity index (χ1v) is 5.93. The third kappa shape index (κ3) is 3.82. The molecule has 1 N–H and O–H groups in total. The first kappa shape index (κ1) is 12.5. The molecule has 1 aromatic rings. The molecule has 0 aliphatic heterocycles. The molecule has 0 aliphatic carbocycles. The molecule has 0 atom stereocenters. The molecule has 0 fully saturated rings.